The zero-order valence-electron chi connectivity index (χ0n) is 19.2. The molecule has 0 spiro atoms. The monoisotopic (exact) mass is 446 g/mol. The van der Waals surface area contributed by atoms with Gasteiger partial charge in [0.15, 0.2) is 0 Å². The zero-order chi connectivity index (χ0) is 24.0. The molecule has 0 fully saturated rings. The molecule has 0 radical (unpaired) electrons. The Balaban J connectivity index is 1.87. The number of fused-ring (bicyclic) bond motifs is 1. The number of hydrogen-bond acceptors (Lipinski definition) is 5. The van der Waals surface area contributed by atoms with Crippen LogP contribution in [0, 0.1) is 11.3 Å². The molecule has 3 N–H and O–H groups in total. The SMILES string of the molecule is CCN(CC)c1ccc2cc(-c3ccc(/C=C(\C#N)C(=O)NCC(O)CO)n3C)ccc2c1. The topological polar surface area (TPSA) is 102 Å². The van der Waals surface area contributed by atoms with Gasteiger partial charge in [-0.2, -0.15) is 5.26 Å². The summed E-state index contributed by atoms with van der Waals surface area (Å²) in [7, 11) is 1.89. The predicted molar refractivity (Wildman–Crippen MR) is 132 cm³/mol. The highest BCUT2D eigenvalue weighted by Gasteiger charge is 2.13. The van der Waals surface area contributed by atoms with Gasteiger partial charge in [-0.15, -0.1) is 0 Å². The molecule has 0 aliphatic carbocycles. The molecule has 3 rings (SSSR count). The van der Waals surface area contributed by atoms with Gasteiger partial charge in [-0.25, -0.2) is 0 Å². The summed E-state index contributed by atoms with van der Waals surface area (Å²) in [5.74, 6) is -0.595. The maximum atomic E-state index is 12.2. The number of amides is 1. The average Bonchev–Trinajstić information content (AvgIpc) is 3.20. The Kier molecular flexibility index (Phi) is 7.88. The first-order chi connectivity index (χ1) is 15.9. The third-order valence-corrected chi connectivity index (χ3v) is 5.78. The number of nitrogens with zero attached hydrogens (tertiary/aromatic N) is 3. The number of anilines is 1. The molecular formula is C26H30N4O3. The predicted octanol–water partition coefficient (Wildman–Crippen LogP) is 3.07. The van der Waals surface area contributed by atoms with Gasteiger partial charge in [0.25, 0.3) is 5.91 Å². The third-order valence-electron chi connectivity index (χ3n) is 5.78. The molecule has 0 aliphatic rings. The lowest BCUT2D eigenvalue weighted by molar-refractivity contribution is -0.117. The molecule has 1 unspecified atom stereocenters. The lowest BCUT2D eigenvalue weighted by atomic mass is 10.0. The van der Waals surface area contributed by atoms with E-state index in [4.69, 9.17) is 5.11 Å². The first-order valence-corrected chi connectivity index (χ1v) is 11.1. The molecule has 2 aromatic carbocycles. The molecule has 33 heavy (non-hydrogen) atoms. The maximum absolute atomic E-state index is 12.2. The summed E-state index contributed by atoms with van der Waals surface area (Å²) in [6.07, 6.45) is 0.452. The maximum Gasteiger partial charge on any atom is 0.262 e. The van der Waals surface area contributed by atoms with Crippen molar-refractivity contribution >= 4 is 28.4 Å². The summed E-state index contributed by atoms with van der Waals surface area (Å²) in [4.78, 5) is 14.6. The van der Waals surface area contributed by atoms with Gasteiger partial charge in [-0.1, -0.05) is 18.2 Å². The van der Waals surface area contributed by atoms with Crippen LogP contribution in [0.2, 0.25) is 0 Å². The van der Waals surface area contributed by atoms with E-state index in [1.165, 1.54) is 17.1 Å². The van der Waals surface area contributed by atoms with Crippen LogP contribution in [0.1, 0.15) is 19.5 Å². The van der Waals surface area contributed by atoms with Crippen molar-refractivity contribution in [3.8, 4) is 17.3 Å². The number of aliphatic hydroxyl groups excluding tert-OH is 2. The minimum Gasteiger partial charge on any atom is -0.394 e. The number of aliphatic hydroxyl groups is 2. The van der Waals surface area contributed by atoms with E-state index in [-0.39, 0.29) is 12.1 Å². The van der Waals surface area contributed by atoms with Crippen LogP contribution >= 0.6 is 0 Å². The summed E-state index contributed by atoms with van der Waals surface area (Å²) in [5.41, 5.74) is 3.84. The van der Waals surface area contributed by atoms with E-state index < -0.39 is 18.6 Å². The fourth-order valence-electron chi connectivity index (χ4n) is 3.81. The van der Waals surface area contributed by atoms with Crippen molar-refractivity contribution < 1.29 is 15.0 Å². The summed E-state index contributed by atoms with van der Waals surface area (Å²) in [6, 6.07) is 18.5. The molecule has 0 bridgehead atoms. The molecule has 0 saturated heterocycles. The standard InChI is InChI=1S/C26H30N4O3/c1-4-30(5-2)23-9-8-18-12-20(7-6-19(18)13-23)25-11-10-22(29(25)3)14-21(15-27)26(33)28-16-24(32)17-31/h6-14,24,31-32H,4-5,16-17H2,1-3H3,(H,28,33)/b21-14+. The van der Waals surface area contributed by atoms with Crippen molar-refractivity contribution in [2.45, 2.75) is 20.0 Å². The number of carbonyl (C=O) groups is 1. The second-order valence-electron chi connectivity index (χ2n) is 7.84. The van der Waals surface area contributed by atoms with Crippen LogP contribution in [0.3, 0.4) is 0 Å². The van der Waals surface area contributed by atoms with Crippen molar-refractivity contribution in [3.63, 3.8) is 0 Å². The van der Waals surface area contributed by atoms with Gasteiger partial charge in [-0.05, 0) is 66.6 Å². The van der Waals surface area contributed by atoms with Crippen molar-refractivity contribution in [2.24, 2.45) is 7.05 Å². The van der Waals surface area contributed by atoms with E-state index >= 15 is 0 Å². The summed E-state index contributed by atoms with van der Waals surface area (Å²) >= 11 is 0. The summed E-state index contributed by atoms with van der Waals surface area (Å²) < 4.78 is 1.93. The van der Waals surface area contributed by atoms with E-state index in [0.29, 0.717) is 5.69 Å². The van der Waals surface area contributed by atoms with Crippen LogP contribution < -0.4 is 10.2 Å². The van der Waals surface area contributed by atoms with Gasteiger partial charge in [0.05, 0.1) is 12.7 Å². The van der Waals surface area contributed by atoms with Crippen molar-refractivity contribution in [2.75, 3.05) is 31.1 Å². The quantitative estimate of drug-likeness (QED) is 0.346. The van der Waals surface area contributed by atoms with Crippen molar-refractivity contribution in [3.05, 3.63) is 59.8 Å². The minimum absolute atomic E-state index is 0.0738. The van der Waals surface area contributed by atoms with Gasteiger partial charge in [-0.3, -0.25) is 4.79 Å². The fraction of sp³-hybridized carbons (Fsp3) is 0.308. The molecular weight excluding hydrogens is 416 g/mol. The van der Waals surface area contributed by atoms with Crippen LogP contribution in [-0.4, -0.2) is 53.0 Å². The number of rotatable bonds is 9. The number of nitriles is 1. The minimum atomic E-state index is -1.06. The molecule has 0 aliphatic heterocycles. The van der Waals surface area contributed by atoms with Gasteiger partial charge in [0.1, 0.15) is 11.6 Å². The van der Waals surface area contributed by atoms with Crippen LogP contribution in [0.15, 0.2) is 54.1 Å². The van der Waals surface area contributed by atoms with E-state index in [1.807, 2.05) is 29.8 Å². The van der Waals surface area contributed by atoms with Gasteiger partial charge >= 0.3 is 0 Å². The smallest absolute Gasteiger partial charge is 0.262 e. The molecule has 1 aromatic heterocycles. The second kappa shape index (κ2) is 10.8. The first-order valence-electron chi connectivity index (χ1n) is 11.1. The summed E-state index contributed by atoms with van der Waals surface area (Å²) in [5, 5.41) is 32.4. The van der Waals surface area contributed by atoms with Gasteiger partial charge in [0.2, 0.25) is 0 Å². The Morgan fingerprint density at radius 2 is 1.85 bits per heavy atom. The Labute approximate surface area is 194 Å². The highest BCUT2D eigenvalue weighted by molar-refractivity contribution is 6.01. The summed E-state index contributed by atoms with van der Waals surface area (Å²) in [6.45, 7) is 5.64. The van der Waals surface area contributed by atoms with Crippen LogP contribution in [-0.2, 0) is 11.8 Å². The van der Waals surface area contributed by atoms with E-state index in [1.54, 1.807) is 0 Å². The molecule has 7 nitrogen and oxygen atoms in total. The fourth-order valence-corrected chi connectivity index (χ4v) is 3.81. The van der Waals surface area contributed by atoms with E-state index in [0.717, 1.165) is 29.7 Å². The average molecular weight is 447 g/mol. The number of hydrogen-bond donors (Lipinski definition) is 3. The largest absolute Gasteiger partial charge is 0.394 e. The number of aromatic nitrogens is 1. The number of nitrogens with one attached hydrogen (secondary N) is 1. The first kappa shape index (κ1) is 24.1. The van der Waals surface area contributed by atoms with Crippen LogP contribution in [0.25, 0.3) is 28.1 Å². The van der Waals surface area contributed by atoms with E-state index in [9.17, 15) is 15.2 Å². The molecule has 1 heterocycles. The number of benzene rings is 2. The molecule has 0 saturated carbocycles. The van der Waals surface area contributed by atoms with Crippen molar-refractivity contribution in [1.82, 2.24) is 9.88 Å². The number of carbonyl (C=O) groups excluding carboxylic acids is 1. The Bertz CT molecular complexity index is 1200. The van der Waals surface area contributed by atoms with Gasteiger partial charge < -0.3 is 25.0 Å². The van der Waals surface area contributed by atoms with Crippen molar-refractivity contribution in [1.29, 1.82) is 5.26 Å². The van der Waals surface area contributed by atoms with Gasteiger partial charge in [0, 0.05) is 43.8 Å². The molecule has 1 amide bonds. The lowest BCUT2D eigenvalue weighted by Crippen LogP contribution is -2.34. The van der Waals surface area contributed by atoms with Crippen LogP contribution in [0.5, 0.6) is 0 Å². The van der Waals surface area contributed by atoms with Crippen LogP contribution in [0.4, 0.5) is 5.69 Å². The Morgan fingerprint density at radius 1 is 1.15 bits per heavy atom. The Hall–Kier alpha value is -3.60. The van der Waals surface area contributed by atoms with E-state index in [2.05, 4.69) is 60.5 Å². The highest BCUT2D eigenvalue weighted by atomic mass is 16.3. The highest BCUT2D eigenvalue weighted by Crippen LogP contribution is 2.29. The molecule has 3 aromatic rings. The lowest BCUT2D eigenvalue weighted by Gasteiger charge is -2.21. The Morgan fingerprint density at radius 3 is 2.52 bits per heavy atom. The zero-order valence-corrected chi connectivity index (χ0v) is 19.2. The normalized spacial score (nSPS) is 12.4. The molecule has 172 valence electrons. The second-order valence-corrected chi connectivity index (χ2v) is 7.84. The molecule has 1 atom stereocenters. The third kappa shape index (κ3) is 5.43. The molecule has 7 heteroatoms.